The SMILES string of the molecule is COC(=O)C(Cc1c[nH]c2ccccc12)NC(=O)C1CC1c1ccccc1C(F)(F)F. The van der Waals surface area contributed by atoms with Crippen molar-refractivity contribution in [1.29, 1.82) is 0 Å². The quantitative estimate of drug-likeness (QED) is 0.576. The zero-order chi connectivity index (χ0) is 22.2. The molecule has 1 aromatic heterocycles. The summed E-state index contributed by atoms with van der Waals surface area (Å²) in [5.74, 6) is -2.19. The first-order valence-electron chi connectivity index (χ1n) is 9.89. The molecule has 4 rings (SSSR count). The Hall–Kier alpha value is -3.29. The summed E-state index contributed by atoms with van der Waals surface area (Å²) in [5.41, 5.74) is 1.12. The molecule has 0 saturated heterocycles. The predicted molar refractivity (Wildman–Crippen MR) is 108 cm³/mol. The van der Waals surface area contributed by atoms with Crippen LogP contribution >= 0.6 is 0 Å². The van der Waals surface area contributed by atoms with E-state index in [1.54, 1.807) is 6.20 Å². The molecular formula is C23H21F3N2O3. The molecule has 3 atom stereocenters. The number of amides is 1. The first-order valence-corrected chi connectivity index (χ1v) is 9.89. The number of rotatable bonds is 6. The number of ether oxygens (including phenoxy) is 1. The van der Waals surface area contributed by atoms with E-state index in [-0.39, 0.29) is 12.0 Å². The highest BCUT2D eigenvalue weighted by Gasteiger charge is 2.48. The molecular weight excluding hydrogens is 409 g/mol. The number of carbonyl (C=O) groups excluding carboxylic acids is 2. The second-order valence-electron chi connectivity index (χ2n) is 7.68. The first-order chi connectivity index (χ1) is 14.8. The van der Waals surface area contributed by atoms with Crippen molar-refractivity contribution in [3.8, 4) is 0 Å². The van der Waals surface area contributed by atoms with Gasteiger partial charge in [0.15, 0.2) is 0 Å². The van der Waals surface area contributed by atoms with Gasteiger partial charge in [-0.25, -0.2) is 4.79 Å². The largest absolute Gasteiger partial charge is 0.467 e. The van der Waals surface area contributed by atoms with Crippen molar-refractivity contribution in [1.82, 2.24) is 10.3 Å². The number of H-pyrrole nitrogens is 1. The fourth-order valence-corrected chi connectivity index (χ4v) is 4.04. The number of benzene rings is 2. The number of para-hydroxylation sites is 1. The molecule has 1 amide bonds. The summed E-state index contributed by atoms with van der Waals surface area (Å²) in [7, 11) is 1.23. The normalized spacial score (nSPS) is 19.1. The maximum absolute atomic E-state index is 13.3. The van der Waals surface area contributed by atoms with Gasteiger partial charge in [-0.3, -0.25) is 4.79 Å². The summed E-state index contributed by atoms with van der Waals surface area (Å²) in [6.07, 6.45) is -2.20. The highest BCUT2D eigenvalue weighted by atomic mass is 19.4. The standard InChI is InChI=1S/C23H21F3N2O3/c1-31-22(30)20(10-13-12-27-19-9-5-3-6-14(13)19)28-21(29)17-11-16(17)15-7-2-4-8-18(15)23(24,25)26/h2-9,12,16-17,20,27H,10-11H2,1H3,(H,28,29). The van der Waals surface area contributed by atoms with Gasteiger partial charge in [0.2, 0.25) is 5.91 Å². The van der Waals surface area contributed by atoms with Gasteiger partial charge in [0.05, 0.1) is 12.7 Å². The maximum atomic E-state index is 13.3. The molecule has 3 aromatic rings. The molecule has 0 bridgehead atoms. The van der Waals surface area contributed by atoms with Crippen LogP contribution in [0, 0.1) is 5.92 Å². The number of fused-ring (bicyclic) bond motifs is 1. The Morgan fingerprint density at radius 1 is 1.16 bits per heavy atom. The molecule has 5 nitrogen and oxygen atoms in total. The number of aromatic amines is 1. The number of hydrogen-bond acceptors (Lipinski definition) is 3. The van der Waals surface area contributed by atoms with Crippen LogP contribution in [0.15, 0.2) is 54.7 Å². The fourth-order valence-electron chi connectivity index (χ4n) is 4.04. The van der Waals surface area contributed by atoms with Crippen LogP contribution in [0.4, 0.5) is 13.2 Å². The summed E-state index contributed by atoms with van der Waals surface area (Å²) >= 11 is 0. The van der Waals surface area contributed by atoms with Crippen molar-refractivity contribution in [2.24, 2.45) is 5.92 Å². The Morgan fingerprint density at radius 2 is 1.87 bits per heavy atom. The van der Waals surface area contributed by atoms with Gasteiger partial charge in [0.1, 0.15) is 6.04 Å². The van der Waals surface area contributed by atoms with Crippen molar-refractivity contribution < 1.29 is 27.5 Å². The fraction of sp³-hybridized carbons (Fsp3) is 0.304. The number of aromatic nitrogens is 1. The number of hydrogen-bond donors (Lipinski definition) is 2. The van der Waals surface area contributed by atoms with Crippen LogP contribution in [0.2, 0.25) is 0 Å². The van der Waals surface area contributed by atoms with Crippen LogP contribution in [0.1, 0.15) is 29.0 Å². The monoisotopic (exact) mass is 430 g/mol. The van der Waals surface area contributed by atoms with Crippen molar-refractivity contribution in [3.05, 3.63) is 71.4 Å². The van der Waals surface area contributed by atoms with Crippen molar-refractivity contribution in [3.63, 3.8) is 0 Å². The van der Waals surface area contributed by atoms with Gasteiger partial charge >= 0.3 is 12.1 Å². The lowest BCUT2D eigenvalue weighted by Crippen LogP contribution is -2.43. The molecule has 2 aromatic carbocycles. The van der Waals surface area contributed by atoms with Gasteiger partial charge in [0, 0.05) is 29.4 Å². The second kappa shape index (κ2) is 8.09. The molecule has 2 N–H and O–H groups in total. The Balaban J connectivity index is 1.49. The number of alkyl halides is 3. The van der Waals surface area contributed by atoms with E-state index in [0.29, 0.717) is 6.42 Å². The van der Waals surface area contributed by atoms with Crippen LogP contribution in [-0.4, -0.2) is 30.0 Å². The van der Waals surface area contributed by atoms with Crippen molar-refractivity contribution in [2.45, 2.75) is 31.0 Å². The molecule has 1 heterocycles. The Labute approximate surface area is 176 Å². The number of methoxy groups -OCH3 is 1. The Kier molecular flexibility index (Phi) is 5.47. The van der Waals surface area contributed by atoms with E-state index in [9.17, 15) is 22.8 Å². The van der Waals surface area contributed by atoms with E-state index >= 15 is 0 Å². The van der Waals surface area contributed by atoms with Crippen LogP contribution in [0.3, 0.4) is 0 Å². The molecule has 1 saturated carbocycles. The average molecular weight is 430 g/mol. The number of halogens is 3. The van der Waals surface area contributed by atoms with Crippen LogP contribution in [0.5, 0.6) is 0 Å². The van der Waals surface area contributed by atoms with Gasteiger partial charge < -0.3 is 15.0 Å². The lowest BCUT2D eigenvalue weighted by atomic mass is 10.0. The Bertz CT molecular complexity index is 1120. The predicted octanol–water partition coefficient (Wildman–Crippen LogP) is 4.19. The molecule has 31 heavy (non-hydrogen) atoms. The number of carbonyl (C=O) groups is 2. The third-order valence-corrected chi connectivity index (χ3v) is 5.69. The highest BCUT2D eigenvalue weighted by Crippen LogP contribution is 2.51. The summed E-state index contributed by atoms with van der Waals surface area (Å²) in [6, 6.07) is 11.9. The summed E-state index contributed by atoms with van der Waals surface area (Å²) in [6.45, 7) is 0. The minimum atomic E-state index is -4.48. The average Bonchev–Trinajstić information content (AvgIpc) is 3.46. The van der Waals surface area contributed by atoms with Crippen LogP contribution in [0.25, 0.3) is 10.9 Å². The number of esters is 1. The zero-order valence-electron chi connectivity index (χ0n) is 16.7. The third kappa shape index (κ3) is 4.28. The molecule has 0 aliphatic heterocycles. The van der Waals surface area contributed by atoms with E-state index in [1.165, 1.54) is 25.3 Å². The molecule has 0 spiro atoms. The lowest BCUT2D eigenvalue weighted by molar-refractivity contribution is -0.145. The van der Waals surface area contributed by atoms with Gasteiger partial charge in [-0.1, -0.05) is 36.4 Å². The van der Waals surface area contributed by atoms with E-state index in [1.807, 2.05) is 24.3 Å². The van der Waals surface area contributed by atoms with Crippen LogP contribution in [-0.2, 0) is 26.9 Å². The first kappa shape index (κ1) is 21.0. The summed E-state index contributed by atoms with van der Waals surface area (Å²) < 4.78 is 44.7. The van der Waals surface area contributed by atoms with Gasteiger partial charge in [-0.05, 0) is 35.6 Å². The minimum absolute atomic E-state index is 0.112. The van der Waals surface area contributed by atoms with E-state index in [4.69, 9.17) is 4.74 Å². The summed E-state index contributed by atoms with van der Waals surface area (Å²) in [5, 5.41) is 3.61. The maximum Gasteiger partial charge on any atom is 0.416 e. The summed E-state index contributed by atoms with van der Waals surface area (Å²) in [4.78, 5) is 28.2. The highest BCUT2D eigenvalue weighted by molar-refractivity contribution is 5.89. The van der Waals surface area contributed by atoms with Crippen molar-refractivity contribution in [2.75, 3.05) is 7.11 Å². The molecule has 1 fully saturated rings. The second-order valence-corrected chi connectivity index (χ2v) is 7.68. The van der Waals surface area contributed by atoms with E-state index in [2.05, 4.69) is 10.3 Å². The van der Waals surface area contributed by atoms with Gasteiger partial charge in [0.25, 0.3) is 0 Å². The van der Waals surface area contributed by atoms with Crippen LogP contribution < -0.4 is 5.32 Å². The van der Waals surface area contributed by atoms with Gasteiger partial charge in [-0.2, -0.15) is 13.2 Å². The molecule has 8 heteroatoms. The lowest BCUT2D eigenvalue weighted by Gasteiger charge is -2.17. The van der Waals surface area contributed by atoms with Gasteiger partial charge in [-0.15, -0.1) is 0 Å². The molecule has 1 aliphatic rings. The molecule has 0 radical (unpaired) electrons. The molecule has 1 aliphatic carbocycles. The number of nitrogens with one attached hydrogen (secondary N) is 2. The Morgan fingerprint density at radius 3 is 2.61 bits per heavy atom. The molecule has 162 valence electrons. The third-order valence-electron chi connectivity index (χ3n) is 5.69. The zero-order valence-corrected chi connectivity index (χ0v) is 16.7. The minimum Gasteiger partial charge on any atom is -0.467 e. The van der Waals surface area contributed by atoms with Crippen molar-refractivity contribution >= 4 is 22.8 Å². The smallest absolute Gasteiger partial charge is 0.416 e. The topological polar surface area (TPSA) is 71.2 Å². The van der Waals surface area contributed by atoms with E-state index < -0.39 is 41.5 Å². The molecule has 3 unspecified atom stereocenters. The van der Waals surface area contributed by atoms with E-state index in [0.717, 1.165) is 22.5 Å².